The highest BCUT2D eigenvalue weighted by atomic mass is 16.2. The van der Waals surface area contributed by atoms with Crippen molar-refractivity contribution in [3.63, 3.8) is 0 Å². The van der Waals surface area contributed by atoms with Gasteiger partial charge in [0.15, 0.2) is 0 Å². The van der Waals surface area contributed by atoms with Crippen molar-refractivity contribution in [1.82, 2.24) is 15.5 Å². The van der Waals surface area contributed by atoms with Gasteiger partial charge in [-0.15, -0.1) is 0 Å². The molecule has 1 aromatic rings. The third-order valence-corrected chi connectivity index (χ3v) is 6.97. The number of anilines is 1. The first-order chi connectivity index (χ1) is 13.9. The average molecular weight is 399 g/mol. The molecule has 3 N–H and O–H groups in total. The van der Waals surface area contributed by atoms with Gasteiger partial charge >= 0.3 is 6.03 Å². The standard InChI is InChI=1S/C23H34N4O2/c1-23(2)11-7-17(8-12-23)16-3-5-18(6-4-16)25-19-9-13-27(14-10-19)21(28)20-15-24-22(29)26-20/h3-6,17,19-20,25H,7-15H2,1-2H3,(H2,24,26,29)/t20-/m1/s1. The molecule has 1 aromatic carbocycles. The van der Waals surface area contributed by atoms with E-state index in [4.69, 9.17) is 0 Å². The molecule has 0 spiro atoms. The number of carbonyl (C=O) groups excluding carboxylic acids is 2. The summed E-state index contributed by atoms with van der Waals surface area (Å²) in [4.78, 5) is 25.6. The minimum atomic E-state index is -0.412. The zero-order valence-electron chi connectivity index (χ0n) is 17.7. The van der Waals surface area contributed by atoms with Crippen LogP contribution in [0.4, 0.5) is 10.5 Å². The van der Waals surface area contributed by atoms with E-state index in [0.29, 0.717) is 23.9 Å². The zero-order valence-corrected chi connectivity index (χ0v) is 17.7. The Morgan fingerprint density at radius 2 is 1.72 bits per heavy atom. The molecule has 0 aromatic heterocycles. The summed E-state index contributed by atoms with van der Waals surface area (Å²) in [5.41, 5.74) is 3.15. The molecule has 158 valence electrons. The van der Waals surface area contributed by atoms with E-state index in [9.17, 15) is 9.59 Å². The van der Waals surface area contributed by atoms with E-state index in [-0.39, 0.29) is 11.9 Å². The number of benzene rings is 1. The molecule has 0 unspecified atom stereocenters. The van der Waals surface area contributed by atoms with E-state index in [1.54, 1.807) is 0 Å². The molecule has 1 saturated carbocycles. The van der Waals surface area contributed by atoms with Gasteiger partial charge in [0, 0.05) is 31.4 Å². The summed E-state index contributed by atoms with van der Waals surface area (Å²) in [5.74, 6) is 0.735. The molecule has 2 heterocycles. The van der Waals surface area contributed by atoms with Gasteiger partial charge in [-0.25, -0.2) is 4.79 Å². The number of urea groups is 1. The van der Waals surface area contributed by atoms with Crippen molar-refractivity contribution in [2.75, 3.05) is 25.0 Å². The first-order valence-corrected chi connectivity index (χ1v) is 11.1. The Morgan fingerprint density at radius 1 is 1.07 bits per heavy atom. The lowest BCUT2D eigenvalue weighted by atomic mass is 9.71. The summed E-state index contributed by atoms with van der Waals surface area (Å²) in [6.07, 6.45) is 7.08. The molecule has 29 heavy (non-hydrogen) atoms. The second-order valence-corrected chi connectivity index (χ2v) is 9.71. The Morgan fingerprint density at radius 3 is 2.31 bits per heavy atom. The first kappa shape index (κ1) is 20.0. The molecule has 1 aliphatic carbocycles. The van der Waals surface area contributed by atoms with Crippen LogP contribution in [0.15, 0.2) is 24.3 Å². The topological polar surface area (TPSA) is 73.5 Å². The van der Waals surface area contributed by atoms with Crippen molar-refractivity contribution in [2.24, 2.45) is 5.41 Å². The lowest BCUT2D eigenvalue weighted by molar-refractivity contribution is -0.133. The summed E-state index contributed by atoms with van der Waals surface area (Å²) < 4.78 is 0. The Labute approximate surface area is 173 Å². The lowest BCUT2D eigenvalue weighted by Gasteiger charge is -2.35. The fourth-order valence-electron chi connectivity index (χ4n) is 4.89. The van der Waals surface area contributed by atoms with Crippen molar-refractivity contribution in [1.29, 1.82) is 0 Å². The smallest absolute Gasteiger partial charge is 0.315 e. The Balaban J connectivity index is 1.24. The SMILES string of the molecule is CC1(C)CCC(c2ccc(NC3CCN(C(=O)[C@H]4CNC(=O)N4)CC3)cc2)CC1. The van der Waals surface area contributed by atoms with Gasteiger partial charge < -0.3 is 20.9 Å². The maximum absolute atomic E-state index is 12.5. The number of likely N-dealkylation sites (tertiary alicyclic amines) is 1. The van der Waals surface area contributed by atoms with Crippen molar-refractivity contribution >= 4 is 17.6 Å². The molecule has 1 atom stereocenters. The van der Waals surface area contributed by atoms with Gasteiger partial charge in [-0.1, -0.05) is 26.0 Å². The number of hydrogen-bond donors (Lipinski definition) is 3. The predicted octanol–water partition coefficient (Wildman–Crippen LogP) is 3.45. The highest BCUT2D eigenvalue weighted by Crippen LogP contribution is 2.42. The number of rotatable bonds is 4. The van der Waals surface area contributed by atoms with E-state index in [1.807, 2.05) is 4.90 Å². The summed E-state index contributed by atoms with van der Waals surface area (Å²) in [7, 11) is 0. The highest BCUT2D eigenvalue weighted by Gasteiger charge is 2.32. The third kappa shape index (κ3) is 4.85. The van der Waals surface area contributed by atoms with Gasteiger partial charge in [-0.3, -0.25) is 4.79 Å². The molecule has 6 nitrogen and oxygen atoms in total. The lowest BCUT2D eigenvalue weighted by Crippen LogP contribution is -2.50. The maximum Gasteiger partial charge on any atom is 0.315 e. The van der Waals surface area contributed by atoms with E-state index >= 15 is 0 Å². The molecule has 2 aliphatic heterocycles. The van der Waals surface area contributed by atoms with Crippen LogP contribution in [0.3, 0.4) is 0 Å². The summed E-state index contributed by atoms with van der Waals surface area (Å²) >= 11 is 0. The van der Waals surface area contributed by atoms with Gasteiger partial charge in [0.2, 0.25) is 5.91 Å². The number of amides is 3. The predicted molar refractivity (Wildman–Crippen MR) is 115 cm³/mol. The van der Waals surface area contributed by atoms with Crippen LogP contribution in [-0.2, 0) is 4.79 Å². The van der Waals surface area contributed by atoms with Gasteiger partial charge in [0.05, 0.1) is 0 Å². The van der Waals surface area contributed by atoms with Crippen LogP contribution < -0.4 is 16.0 Å². The third-order valence-electron chi connectivity index (χ3n) is 6.97. The molecule has 2 saturated heterocycles. The molecule has 4 rings (SSSR count). The largest absolute Gasteiger partial charge is 0.382 e. The van der Waals surface area contributed by atoms with Gasteiger partial charge in [-0.2, -0.15) is 0 Å². The molecule has 0 radical (unpaired) electrons. The van der Waals surface area contributed by atoms with Gasteiger partial charge in [-0.05, 0) is 67.6 Å². The van der Waals surface area contributed by atoms with Crippen LogP contribution in [0, 0.1) is 5.41 Å². The van der Waals surface area contributed by atoms with Crippen molar-refractivity contribution in [3.8, 4) is 0 Å². The van der Waals surface area contributed by atoms with Crippen molar-refractivity contribution in [3.05, 3.63) is 29.8 Å². The Hall–Kier alpha value is -2.24. The molecule has 3 fully saturated rings. The van der Waals surface area contributed by atoms with Crippen LogP contribution >= 0.6 is 0 Å². The van der Waals surface area contributed by atoms with E-state index < -0.39 is 6.04 Å². The quantitative estimate of drug-likeness (QED) is 0.727. The minimum absolute atomic E-state index is 0.0295. The van der Waals surface area contributed by atoms with Gasteiger partial charge in [0.25, 0.3) is 0 Å². The van der Waals surface area contributed by atoms with E-state index in [0.717, 1.165) is 25.9 Å². The van der Waals surface area contributed by atoms with Crippen molar-refractivity contribution < 1.29 is 9.59 Å². The normalized spacial score (nSPS) is 25.4. The number of piperidine rings is 1. The van der Waals surface area contributed by atoms with Crippen molar-refractivity contribution in [2.45, 2.75) is 70.4 Å². The highest BCUT2D eigenvalue weighted by molar-refractivity contribution is 5.90. The zero-order chi connectivity index (χ0) is 20.4. The Bertz CT molecular complexity index is 728. The summed E-state index contributed by atoms with van der Waals surface area (Å²) in [6.45, 7) is 6.63. The summed E-state index contributed by atoms with van der Waals surface area (Å²) in [5, 5.41) is 8.98. The number of nitrogens with zero attached hydrogens (tertiary/aromatic N) is 1. The first-order valence-electron chi connectivity index (χ1n) is 11.1. The Kier molecular flexibility index (Phi) is 5.70. The maximum atomic E-state index is 12.5. The minimum Gasteiger partial charge on any atom is -0.382 e. The second-order valence-electron chi connectivity index (χ2n) is 9.71. The van der Waals surface area contributed by atoms with Crippen LogP contribution in [-0.4, -0.2) is 48.6 Å². The molecule has 3 aliphatic rings. The number of hydrogen-bond acceptors (Lipinski definition) is 3. The van der Waals surface area contributed by atoms with Gasteiger partial charge in [0.1, 0.15) is 6.04 Å². The monoisotopic (exact) mass is 398 g/mol. The molecule has 0 bridgehead atoms. The van der Waals surface area contributed by atoms with Crippen LogP contribution in [0.2, 0.25) is 0 Å². The fraction of sp³-hybridized carbons (Fsp3) is 0.652. The number of carbonyl (C=O) groups is 2. The molecular formula is C23H34N4O2. The molecular weight excluding hydrogens is 364 g/mol. The van der Waals surface area contributed by atoms with Crippen LogP contribution in [0.25, 0.3) is 0 Å². The summed E-state index contributed by atoms with van der Waals surface area (Å²) in [6, 6.07) is 8.74. The number of nitrogens with one attached hydrogen (secondary N) is 3. The van der Waals surface area contributed by atoms with Crippen LogP contribution in [0.1, 0.15) is 63.9 Å². The average Bonchev–Trinajstić information content (AvgIpc) is 3.15. The fourth-order valence-corrected chi connectivity index (χ4v) is 4.89. The van der Waals surface area contributed by atoms with Crippen LogP contribution in [0.5, 0.6) is 0 Å². The molecule has 3 amide bonds. The van der Waals surface area contributed by atoms with E-state index in [1.165, 1.54) is 36.9 Å². The molecule has 6 heteroatoms. The van der Waals surface area contributed by atoms with E-state index in [2.05, 4.69) is 54.1 Å². The second kappa shape index (κ2) is 8.25.